The fourth-order valence-electron chi connectivity index (χ4n) is 2.22. The van der Waals surface area contributed by atoms with Crippen LogP contribution < -0.4 is 0 Å². The quantitative estimate of drug-likeness (QED) is 0.747. The van der Waals surface area contributed by atoms with E-state index in [1.165, 1.54) is 7.11 Å². The van der Waals surface area contributed by atoms with Crippen molar-refractivity contribution >= 4 is 5.97 Å². The third kappa shape index (κ3) is 3.12. The molecule has 3 rings (SSSR count). The number of aromatic nitrogens is 3. The van der Waals surface area contributed by atoms with Gasteiger partial charge in [-0.3, -0.25) is 4.57 Å². The first-order valence-corrected chi connectivity index (χ1v) is 6.99. The number of carbonyl (C=O) groups excluding carboxylic acids is 1. The zero-order valence-corrected chi connectivity index (χ0v) is 12.5. The van der Waals surface area contributed by atoms with E-state index in [9.17, 15) is 9.90 Å². The zero-order valence-electron chi connectivity index (χ0n) is 12.5. The number of pyridine rings is 1. The van der Waals surface area contributed by atoms with Gasteiger partial charge in [0.1, 0.15) is 18.2 Å². The Hall–Kier alpha value is -2.99. The minimum atomic E-state index is -0.814. The molecule has 3 aromatic rings. The molecule has 0 radical (unpaired) electrons. The molecule has 6 nitrogen and oxygen atoms in total. The normalized spacial score (nSPS) is 11.9. The van der Waals surface area contributed by atoms with Gasteiger partial charge in [0.05, 0.1) is 12.7 Å². The third-order valence-corrected chi connectivity index (χ3v) is 3.50. The Bertz CT molecular complexity index is 781. The van der Waals surface area contributed by atoms with Crippen LogP contribution in [0, 0.1) is 0 Å². The van der Waals surface area contributed by atoms with Crippen LogP contribution in [0.5, 0.6) is 0 Å². The molecule has 0 fully saturated rings. The number of carbonyl (C=O) groups is 1. The Labute approximate surface area is 133 Å². The molecule has 1 atom stereocenters. The van der Waals surface area contributed by atoms with Crippen LogP contribution in [0.15, 0.2) is 61.3 Å². The molecule has 0 aliphatic carbocycles. The van der Waals surface area contributed by atoms with E-state index < -0.39 is 12.1 Å². The molecule has 1 N–H and O–H groups in total. The van der Waals surface area contributed by atoms with Gasteiger partial charge in [-0.15, -0.1) is 0 Å². The van der Waals surface area contributed by atoms with Crippen LogP contribution in [0.3, 0.4) is 0 Å². The number of rotatable bonds is 4. The summed E-state index contributed by atoms with van der Waals surface area (Å²) in [5, 5.41) is 10.4. The summed E-state index contributed by atoms with van der Waals surface area (Å²) in [5.41, 5.74) is 1.78. The Kier molecular flexibility index (Phi) is 4.16. The number of ether oxygens (including phenoxy) is 1. The minimum Gasteiger partial charge on any atom is -0.465 e. The average molecular weight is 309 g/mol. The van der Waals surface area contributed by atoms with E-state index >= 15 is 0 Å². The topological polar surface area (TPSA) is 77.2 Å². The van der Waals surface area contributed by atoms with E-state index in [1.54, 1.807) is 59.8 Å². The van der Waals surface area contributed by atoms with Crippen LogP contribution in [-0.2, 0) is 4.74 Å². The van der Waals surface area contributed by atoms with Gasteiger partial charge in [-0.1, -0.05) is 18.2 Å². The lowest BCUT2D eigenvalue weighted by Gasteiger charge is -2.12. The molecular weight excluding hydrogens is 294 g/mol. The number of aliphatic hydroxyl groups excluding tert-OH is 1. The summed E-state index contributed by atoms with van der Waals surface area (Å²) in [6.07, 6.45) is 5.93. The number of methoxy groups -OCH3 is 1. The van der Waals surface area contributed by atoms with Crippen LogP contribution in [0.4, 0.5) is 0 Å². The molecule has 0 aliphatic heterocycles. The molecule has 1 unspecified atom stereocenters. The van der Waals surface area contributed by atoms with Gasteiger partial charge in [-0.25, -0.2) is 14.8 Å². The number of hydrogen-bond donors (Lipinski definition) is 1. The van der Waals surface area contributed by atoms with Crippen LogP contribution in [-0.4, -0.2) is 32.7 Å². The summed E-state index contributed by atoms with van der Waals surface area (Å²) in [6.45, 7) is 0. The van der Waals surface area contributed by atoms with Crippen LogP contribution in [0.2, 0.25) is 0 Å². The summed E-state index contributed by atoms with van der Waals surface area (Å²) in [6, 6.07) is 10.3. The lowest BCUT2D eigenvalue weighted by Crippen LogP contribution is -2.04. The largest absolute Gasteiger partial charge is 0.465 e. The van der Waals surface area contributed by atoms with Gasteiger partial charge in [-0.05, 0) is 23.8 Å². The fourth-order valence-corrected chi connectivity index (χ4v) is 2.22. The van der Waals surface area contributed by atoms with E-state index in [-0.39, 0.29) is 0 Å². The van der Waals surface area contributed by atoms with Gasteiger partial charge in [-0.2, -0.15) is 0 Å². The highest BCUT2D eigenvalue weighted by molar-refractivity contribution is 5.89. The number of aliphatic hydroxyl groups is 1. The maximum atomic E-state index is 11.4. The predicted molar refractivity (Wildman–Crippen MR) is 83.2 cm³/mol. The highest BCUT2D eigenvalue weighted by Crippen LogP contribution is 2.22. The second-order valence-corrected chi connectivity index (χ2v) is 4.94. The third-order valence-electron chi connectivity index (χ3n) is 3.50. The SMILES string of the molecule is COC(=O)c1ccc(C(O)c2ccc(-n3ccnc3)nc2)cc1. The molecule has 0 spiro atoms. The van der Waals surface area contributed by atoms with Gasteiger partial charge in [0, 0.05) is 24.2 Å². The average Bonchev–Trinajstić information content (AvgIpc) is 3.15. The van der Waals surface area contributed by atoms with E-state index in [4.69, 9.17) is 0 Å². The lowest BCUT2D eigenvalue weighted by molar-refractivity contribution is 0.0600. The van der Waals surface area contributed by atoms with E-state index in [0.29, 0.717) is 16.7 Å². The second kappa shape index (κ2) is 6.41. The Morgan fingerprint density at radius 1 is 1.17 bits per heavy atom. The zero-order chi connectivity index (χ0) is 16.2. The van der Waals surface area contributed by atoms with E-state index in [1.807, 2.05) is 6.07 Å². The fraction of sp³-hybridized carbons (Fsp3) is 0.118. The molecule has 2 heterocycles. The molecule has 0 saturated carbocycles. The molecule has 23 heavy (non-hydrogen) atoms. The monoisotopic (exact) mass is 309 g/mol. The van der Waals surface area contributed by atoms with Crippen molar-refractivity contribution in [3.63, 3.8) is 0 Å². The molecule has 2 aromatic heterocycles. The summed E-state index contributed by atoms with van der Waals surface area (Å²) in [7, 11) is 1.33. The molecular formula is C17H15N3O3. The molecule has 0 bridgehead atoms. The maximum Gasteiger partial charge on any atom is 0.337 e. The molecule has 6 heteroatoms. The summed E-state index contributed by atoms with van der Waals surface area (Å²) in [4.78, 5) is 19.7. The molecule has 0 amide bonds. The van der Waals surface area contributed by atoms with Crippen LogP contribution >= 0.6 is 0 Å². The van der Waals surface area contributed by atoms with E-state index in [0.717, 1.165) is 5.82 Å². The first-order chi connectivity index (χ1) is 11.2. The second-order valence-electron chi connectivity index (χ2n) is 4.94. The number of hydrogen-bond acceptors (Lipinski definition) is 5. The first-order valence-electron chi connectivity index (χ1n) is 6.99. The standard InChI is InChI=1S/C17H15N3O3/c1-23-17(22)13-4-2-12(3-5-13)16(21)14-6-7-15(19-10-14)20-9-8-18-11-20/h2-11,16,21H,1H3. The lowest BCUT2D eigenvalue weighted by atomic mass is 10.0. The van der Waals surface area contributed by atoms with Crippen molar-refractivity contribution in [3.05, 3.63) is 78.0 Å². The summed E-state index contributed by atoms with van der Waals surface area (Å²) < 4.78 is 6.43. The molecule has 116 valence electrons. The minimum absolute atomic E-state index is 0.405. The highest BCUT2D eigenvalue weighted by Gasteiger charge is 2.12. The highest BCUT2D eigenvalue weighted by atomic mass is 16.5. The van der Waals surface area contributed by atoms with Crippen molar-refractivity contribution in [2.45, 2.75) is 6.10 Å². The van der Waals surface area contributed by atoms with Crippen molar-refractivity contribution in [1.29, 1.82) is 0 Å². The van der Waals surface area contributed by atoms with Gasteiger partial charge in [0.15, 0.2) is 0 Å². The smallest absolute Gasteiger partial charge is 0.337 e. The van der Waals surface area contributed by atoms with E-state index in [2.05, 4.69) is 14.7 Å². The molecule has 0 saturated heterocycles. The first kappa shape index (κ1) is 14.9. The molecule has 0 aliphatic rings. The maximum absolute atomic E-state index is 11.4. The van der Waals surface area contributed by atoms with Gasteiger partial charge in [0.25, 0.3) is 0 Å². The number of imidazole rings is 1. The molecule has 1 aromatic carbocycles. The van der Waals surface area contributed by atoms with Crippen molar-refractivity contribution in [2.75, 3.05) is 7.11 Å². The van der Waals surface area contributed by atoms with Crippen molar-refractivity contribution in [3.8, 4) is 5.82 Å². The van der Waals surface area contributed by atoms with Crippen molar-refractivity contribution < 1.29 is 14.6 Å². The van der Waals surface area contributed by atoms with Crippen molar-refractivity contribution in [1.82, 2.24) is 14.5 Å². The van der Waals surface area contributed by atoms with Gasteiger partial charge < -0.3 is 9.84 Å². The summed E-state index contributed by atoms with van der Waals surface area (Å²) in [5.74, 6) is 0.317. The number of benzene rings is 1. The predicted octanol–water partition coefficient (Wildman–Crippen LogP) is 2.14. The Morgan fingerprint density at radius 2 is 1.91 bits per heavy atom. The summed E-state index contributed by atoms with van der Waals surface area (Å²) >= 11 is 0. The Morgan fingerprint density at radius 3 is 2.48 bits per heavy atom. The number of nitrogens with zero attached hydrogens (tertiary/aromatic N) is 3. The Balaban J connectivity index is 1.80. The van der Waals surface area contributed by atoms with Crippen molar-refractivity contribution in [2.24, 2.45) is 0 Å². The van der Waals surface area contributed by atoms with Crippen LogP contribution in [0.25, 0.3) is 5.82 Å². The van der Waals surface area contributed by atoms with Gasteiger partial charge >= 0.3 is 5.97 Å². The number of esters is 1. The van der Waals surface area contributed by atoms with Gasteiger partial charge in [0.2, 0.25) is 0 Å². The van der Waals surface area contributed by atoms with Crippen LogP contribution in [0.1, 0.15) is 27.6 Å².